The minimum Gasteiger partial charge on any atom is -0.494 e. The molecule has 0 saturated carbocycles. The Morgan fingerprint density at radius 2 is 2.03 bits per heavy atom. The van der Waals surface area contributed by atoms with Crippen LogP contribution in [-0.4, -0.2) is 36.3 Å². The van der Waals surface area contributed by atoms with E-state index in [1.54, 1.807) is 6.07 Å². The van der Waals surface area contributed by atoms with E-state index >= 15 is 0 Å². The SMILES string of the molecule is CCOc1cc2ncc(C#N)c(Nc3ccc(F)c(Cl)c3)c2cc1C/C=C/CNCC(=O)OC(C)(C)C. The highest BCUT2D eigenvalue weighted by atomic mass is 35.5. The first-order chi connectivity index (χ1) is 17.6. The number of hydrogen-bond acceptors (Lipinski definition) is 7. The van der Waals surface area contributed by atoms with E-state index in [4.69, 9.17) is 21.1 Å². The number of carbonyl (C=O) groups excluding carboxylic acids is 1. The molecule has 2 N–H and O–H groups in total. The summed E-state index contributed by atoms with van der Waals surface area (Å²) in [5.74, 6) is -0.144. The maximum Gasteiger partial charge on any atom is 0.320 e. The van der Waals surface area contributed by atoms with Crippen molar-refractivity contribution in [3.63, 3.8) is 0 Å². The highest BCUT2D eigenvalue weighted by molar-refractivity contribution is 6.31. The molecule has 2 aromatic carbocycles. The number of benzene rings is 2. The maximum atomic E-state index is 13.6. The summed E-state index contributed by atoms with van der Waals surface area (Å²) in [6, 6.07) is 10.2. The van der Waals surface area contributed by atoms with Gasteiger partial charge >= 0.3 is 5.97 Å². The number of pyridine rings is 1. The average Bonchev–Trinajstić information content (AvgIpc) is 2.83. The Balaban J connectivity index is 1.83. The second-order valence-electron chi connectivity index (χ2n) is 9.22. The summed E-state index contributed by atoms with van der Waals surface area (Å²) in [5.41, 5.74) is 2.45. The van der Waals surface area contributed by atoms with Crippen LogP contribution in [0.2, 0.25) is 5.02 Å². The molecule has 0 aliphatic rings. The number of anilines is 2. The second-order valence-corrected chi connectivity index (χ2v) is 9.62. The van der Waals surface area contributed by atoms with Gasteiger partial charge in [0.1, 0.15) is 23.2 Å². The number of nitrogens with one attached hydrogen (secondary N) is 2. The molecule has 0 atom stereocenters. The fourth-order valence-corrected chi connectivity index (χ4v) is 3.76. The van der Waals surface area contributed by atoms with Crippen LogP contribution < -0.4 is 15.4 Å². The molecule has 3 rings (SSSR count). The topological polar surface area (TPSA) is 96.3 Å². The van der Waals surface area contributed by atoms with E-state index in [1.165, 1.54) is 18.3 Å². The average molecular weight is 525 g/mol. The molecule has 7 nitrogen and oxygen atoms in total. The molecule has 1 aromatic heterocycles. The smallest absolute Gasteiger partial charge is 0.320 e. The zero-order valence-corrected chi connectivity index (χ0v) is 22.1. The van der Waals surface area contributed by atoms with Gasteiger partial charge in [-0.3, -0.25) is 9.78 Å². The molecule has 194 valence electrons. The van der Waals surface area contributed by atoms with Crippen LogP contribution in [0, 0.1) is 17.1 Å². The number of halogens is 2. The molecule has 0 unspecified atom stereocenters. The number of nitrogens with zero attached hydrogens (tertiary/aromatic N) is 2. The van der Waals surface area contributed by atoms with Gasteiger partial charge in [0.05, 0.1) is 34.9 Å². The Kier molecular flexibility index (Phi) is 9.45. The number of hydrogen-bond donors (Lipinski definition) is 2. The molecular formula is C28H30ClFN4O3. The van der Waals surface area contributed by atoms with Crippen LogP contribution in [0.4, 0.5) is 15.8 Å². The summed E-state index contributed by atoms with van der Waals surface area (Å²) < 4.78 is 24.8. The molecular weight excluding hydrogens is 495 g/mol. The monoisotopic (exact) mass is 524 g/mol. The molecule has 0 aliphatic heterocycles. The molecule has 0 saturated heterocycles. The molecule has 1 heterocycles. The van der Waals surface area contributed by atoms with Crippen LogP contribution in [0.25, 0.3) is 10.9 Å². The number of carbonyl (C=O) groups is 1. The molecule has 0 amide bonds. The third-order valence-corrected chi connectivity index (χ3v) is 5.41. The van der Waals surface area contributed by atoms with Gasteiger partial charge in [-0.15, -0.1) is 0 Å². The summed E-state index contributed by atoms with van der Waals surface area (Å²) >= 11 is 5.94. The lowest BCUT2D eigenvalue weighted by atomic mass is 10.0. The van der Waals surface area contributed by atoms with E-state index in [-0.39, 0.29) is 17.5 Å². The van der Waals surface area contributed by atoms with Crippen molar-refractivity contribution in [1.29, 1.82) is 5.26 Å². The van der Waals surface area contributed by atoms with Crippen molar-refractivity contribution in [2.75, 3.05) is 25.0 Å². The molecule has 9 heteroatoms. The van der Waals surface area contributed by atoms with Crippen LogP contribution in [0.5, 0.6) is 5.75 Å². The third kappa shape index (κ3) is 7.91. The lowest BCUT2D eigenvalue weighted by molar-refractivity contribution is -0.153. The Labute approximate surface area is 221 Å². The van der Waals surface area contributed by atoms with Crippen LogP contribution in [0.1, 0.15) is 38.8 Å². The van der Waals surface area contributed by atoms with Crippen LogP contribution in [0.3, 0.4) is 0 Å². The van der Waals surface area contributed by atoms with Gasteiger partial charge in [0.25, 0.3) is 0 Å². The van der Waals surface area contributed by atoms with Crippen LogP contribution in [-0.2, 0) is 16.0 Å². The molecule has 37 heavy (non-hydrogen) atoms. The number of rotatable bonds is 10. The minimum atomic E-state index is -0.525. The zero-order chi connectivity index (χ0) is 27.0. The largest absolute Gasteiger partial charge is 0.494 e. The zero-order valence-electron chi connectivity index (χ0n) is 21.3. The standard InChI is InChI=1S/C28H30ClFN4O3/c1-5-36-25-14-24-21(12-18(25)8-6-7-11-32-17-26(35)37-28(2,3)4)27(19(15-31)16-33-24)34-20-9-10-23(30)22(29)13-20/h6-7,9-10,12-14,16,32H,5,8,11,17H2,1-4H3,(H,33,34)/b7-6+. The van der Waals surface area contributed by atoms with Crippen molar-refractivity contribution < 1.29 is 18.7 Å². The van der Waals surface area contributed by atoms with Crippen LogP contribution >= 0.6 is 11.6 Å². The first kappa shape index (κ1) is 27.9. The van der Waals surface area contributed by atoms with E-state index in [1.807, 2.05) is 52.0 Å². The van der Waals surface area contributed by atoms with Crippen molar-refractivity contribution in [3.8, 4) is 11.8 Å². The molecule has 0 radical (unpaired) electrons. The maximum absolute atomic E-state index is 13.6. The van der Waals surface area contributed by atoms with Crippen LogP contribution in [0.15, 0.2) is 48.7 Å². The molecule has 0 fully saturated rings. The number of ether oxygens (including phenoxy) is 2. The van der Waals surface area contributed by atoms with Gasteiger partial charge < -0.3 is 20.1 Å². The number of nitriles is 1. The van der Waals surface area contributed by atoms with E-state index in [2.05, 4.69) is 21.7 Å². The summed E-state index contributed by atoms with van der Waals surface area (Å²) in [6.45, 7) is 8.48. The summed E-state index contributed by atoms with van der Waals surface area (Å²) in [4.78, 5) is 16.3. The number of allylic oxidation sites excluding steroid dienone is 1. The van der Waals surface area contributed by atoms with E-state index in [0.717, 1.165) is 10.9 Å². The van der Waals surface area contributed by atoms with Crippen molar-refractivity contribution >= 4 is 39.8 Å². The number of fused-ring (bicyclic) bond motifs is 1. The lowest BCUT2D eigenvalue weighted by Gasteiger charge is -2.19. The van der Waals surface area contributed by atoms with E-state index < -0.39 is 11.4 Å². The van der Waals surface area contributed by atoms with Gasteiger partial charge in [-0.25, -0.2) is 4.39 Å². The van der Waals surface area contributed by atoms with Gasteiger partial charge in [0.15, 0.2) is 0 Å². The Morgan fingerprint density at radius 3 is 2.70 bits per heavy atom. The summed E-state index contributed by atoms with van der Waals surface area (Å²) in [6.07, 6.45) is 5.94. The predicted octanol–water partition coefficient (Wildman–Crippen LogP) is 6.07. The highest BCUT2D eigenvalue weighted by Gasteiger charge is 2.16. The van der Waals surface area contributed by atoms with Gasteiger partial charge in [-0.2, -0.15) is 5.26 Å². The third-order valence-electron chi connectivity index (χ3n) is 5.12. The van der Waals surface area contributed by atoms with Gasteiger partial charge in [-0.1, -0.05) is 23.8 Å². The van der Waals surface area contributed by atoms with Crippen molar-refractivity contribution in [2.45, 2.75) is 39.7 Å². The number of aromatic nitrogens is 1. The Morgan fingerprint density at radius 1 is 1.24 bits per heavy atom. The van der Waals surface area contributed by atoms with Gasteiger partial charge in [0, 0.05) is 29.9 Å². The quantitative estimate of drug-likeness (QED) is 0.189. The highest BCUT2D eigenvalue weighted by Crippen LogP contribution is 2.34. The first-order valence-electron chi connectivity index (χ1n) is 11.9. The second kappa shape index (κ2) is 12.5. The predicted molar refractivity (Wildman–Crippen MR) is 144 cm³/mol. The molecule has 3 aromatic rings. The fourth-order valence-electron chi connectivity index (χ4n) is 3.58. The molecule has 0 spiro atoms. The first-order valence-corrected chi connectivity index (χ1v) is 12.3. The summed E-state index contributed by atoms with van der Waals surface area (Å²) in [5, 5.41) is 16.6. The lowest BCUT2D eigenvalue weighted by Crippen LogP contribution is -2.31. The molecule has 0 bridgehead atoms. The van der Waals surface area contributed by atoms with E-state index in [9.17, 15) is 14.4 Å². The van der Waals surface area contributed by atoms with Crippen molar-refractivity contribution in [3.05, 3.63) is 70.6 Å². The fraction of sp³-hybridized carbons (Fsp3) is 0.321. The van der Waals surface area contributed by atoms with E-state index in [0.29, 0.717) is 47.8 Å². The normalized spacial score (nSPS) is 11.5. The minimum absolute atomic E-state index is 0.0217. The van der Waals surface area contributed by atoms with Gasteiger partial charge in [-0.05, 0) is 63.9 Å². The number of esters is 1. The molecule has 0 aliphatic carbocycles. The summed E-state index contributed by atoms with van der Waals surface area (Å²) in [7, 11) is 0. The van der Waals surface area contributed by atoms with Gasteiger partial charge in [0.2, 0.25) is 0 Å². The Hall–Kier alpha value is -3.67. The van der Waals surface area contributed by atoms with Crippen molar-refractivity contribution in [1.82, 2.24) is 10.3 Å². The Bertz CT molecular complexity index is 1350. The van der Waals surface area contributed by atoms with Crippen molar-refractivity contribution in [2.24, 2.45) is 0 Å².